The number of hydrogen-bond donors (Lipinski definition) is 0. The van der Waals surface area contributed by atoms with Gasteiger partial charge in [-0.3, -0.25) is 0 Å². The van der Waals surface area contributed by atoms with E-state index < -0.39 is 8.07 Å². The van der Waals surface area contributed by atoms with Crippen molar-refractivity contribution in [1.82, 2.24) is 14.5 Å². The molecule has 1 aliphatic carbocycles. The molecule has 4 nitrogen and oxygen atoms in total. The summed E-state index contributed by atoms with van der Waals surface area (Å²) < 4.78 is 8.01. The van der Waals surface area contributed by atoms with E-state index in [9.17, 15) is 0 Å². The molecule has 0 bridgehead atoms. The monoisotopic (exact) mass is 345 g/mol. The summed E-state index contributed by atoms with van der Waals surface area (Å²) in [5, 5.41) is 1.21. The van der Waals surface area contributed by atoms with E-state index in [2.05, 4.69) is 46.4 Å². The van der Waals surface area contributed by atoms with Gasteiger partial charge in [-0.15, -0.1) is 0 Å². The van der Waals surface area contributed by atoms with Crippen LogP contribution in [-0.4, -0.2) is 29.2 Å². The van der Waals surface area contributed by atoms with Gasteiger partial charge in [0, 0.05) is 26.3 Å². The van der Waals surface area contributed by atoms with Gasteiger partial charge in [0.15, 0.2) is 0 Å². The summed E-state index contributed by atoms with van der Waals surface area (Å²) in [6, 6.07) is 3.36. The summed E-state index contributed by atoms with van der Waals surface area (Å²) in [7, 11) is -1.03. The molecule has 0 aromatic carbocycles. The Bertz CT molecular complexity index is 656. The molecule has 5 heteroatoms. The molecule has 2 aromatic rings. The van der Waals surface area contributed by atoms with Crippen molar-refractivity contribution < 1.29 is 4.74 Å². The second kappa shape index (κ2) is 7.79. The maximum atomic E-state index is 5.89. The number of ether oxygens (including phenoxy) is 1. The van der Waals surface area contributed by atoms with Crippen molar-refractivity contribution in [3.8, 4) is 0 Å². The molecule has 3 rings (SSSR count). The fraction of sp³-hybridized carbons (Fsp3) is 0.684. The fourth-order valence-corrected chi connectivity index (χ4v) is 4.29. The maximum Gasteiger partial charge on any atom is 0.145 e. The molecule has 0 unspecified atom stereocenters. The van der Waals surface area contributed by atoms with Crippen LogP contribution in [0.2, 0.25) is 25.7 Å². The van der Waals surface area contributed by atoms with Crippen LogP contribution in [0.25, 0.3) is 11.0 Å². The summed E-state index contributed by atoms with van der Waals surface area (Å²) in [5.41, 5.74) is 2.23. The Morgan fingerprint density at radius 1 is 1.17 bits per heavy atom. The van der Waals surface area contributed by atoms with Crippen molar-refractivity contribution in [1.29, 1.82) is 0 Å². The Morgan fingerprint density at radius 3 is 2.71 bits per heavy atom. The van der Waals surface area contributed by atoms with E-state index in [1.54, 1.807) is 6.33 Å². The van der Waals surface area contributed by atoms with E-state index in [4.69, 9.17) is 4.74 Å². The van der Waals surface area contributed by atoms with Gasteiger partial charge in [-0.25, -0.2) is 9.97 Å². The van der Waals surface area contributed by atoms with Gasteiger partial charge in [-0.1, -0.05) is 51.7 Å². The lowest BCUT2D eigenvalue weighted by atomic mass is 9.86. The van der Waals surface area contributed by atoms with Gasteiger partial charge in [-0.05, 0) is 24.4 Å². The molecule has 1 aliphatic rings. The zero-order valence-corrected chi connectivity index (χ0v) is 16.4. The van der Waals surface area contributed by atoms with Gasteiger partial charge in [0.2, 0.25) is 0 Å². The Balaban J connectivity index is 1.65. The van der Waals surface area contributed by atoms with E-state index in [-0.39, 0.29) is 0 Å². The largest absolute Gasteiger partial charge is 0.361 e. The first-order chi connectivity index (χ1) is 11.5. The van der Waals surface area contributed by atoms with Gasteiger partial charge in [-0.2, -0.15) is 0 Å². The predicted molar refractivity (Wildman–Crippen MR) is 102 cm³/mol. The normalized spacial score (nSPS) is 16.8. The molecule has 24 heavy (non-hydrogen) atoms. The Hall–Kier alpha value is -1.20. The smallest absolute Gasteiger partial charge is 0.145 e. The van der Waals surface area contributed by atoms with Crippen LogP contribution >= 0.6 is 0 Å². The summed E-state index contributed by atoms with van der Waals surface area (Å²) in [6.45, 7) is 8.58. The van der Waals surface area contributed by atoms with Crippen LogP contribution in [0.15, 0.2) is 18.6 Å². The highest BCUT2D eigenvalue weighted by Crippen LogP contribution is 2.28. The number of hydrogen-bond acceptors (Lipinski definition) is 3. The summed E-state index contributed by atoms with van der Waals surface area (Å²) >= 11 is 0. The highest BCUT2D eigenvalue weighted by Gasteiger charge is 2.17. The third-order valence-corrected chi connectivity index (χ3v) is 6.78. The van der Waals surface area contributed by atoms with Crippen molar-refractivity contribution in [2.75, 3.05) is 6.61 Å². The number of fused-ring (bicyclic) bond motifs is 1. The average molecular weight is 346 g/mol. The minimum absolute atomic E-state index is 0.591. The van der Waals surface area contributed by atoms with E-state index >= 15 is 0 Å². The fourth-order valence-electron chi connectivity index (χ4n) is 3.53. The predicted octanol–water partition coefficient (Wildman–Crippen LogP) is 4.87. The highest BCUT2D eigenvalue weighted by atomic mass is 28.3. The molecule has 0 amide bonds. The van der Waals surface area contributed by atoms with Gasteiger partial charge in [0.1, 0.15) is 18.7 Å². The number of rotatable bonds is 7. The standard InChI is InChI=1S/C19H31N3OSi/c1-24(2,3)12-11-23-15-22-10-9-17-18(20-14-21-19(17)22)13-16-7-5-4-6-8-16/h9-10,14,16H,4-8,11-13,15H2,1-3H3. The van der Waals surface area contributed by atoms with Crippen molar-refractivity contribution in [2.45, 2.75) is 70.9 Å². The first kappa shape index (κ1) is 17.6. The number of aromatic nitrogens is 3. The van der Waals surface area contributed by atoms with Crippen LogP contribution in [0.4, 0.5) is 0 Å². The lowest BCUT2D eigenvalue weighted by Crippen LogP contribution is -2.22. The maximum absolute atomic E-state index is 5.89. The van der Waals surface area contributed by atoms with Crippen molar-refractivity contribution in [3.05, 3.63) is 24.3 Å². The summed E-state index contributed by atoms with van der Waals surface area (Å²) in [6.07, 6.45) is 11.8. The van der Waals surface area contributed by atoms with Crippen LogP contribution in [0.5, 0.6) is 0 Å². The first-order valence-electron chi connectivity index (χ1n) is 9.39. The summed E-state index contributed by atoms with van der Waals surface area (Å²) in [5.74, 6) is 0.799. The van der Waals surface area contributed by atoms with E-state index in [1.807, 2.05) is 0 Å². The molecular weight excluding hydrogens is 314 g/mol. The molecule has 0 saturated heterocycles. The molecule has 0 aliphatic heterocycles. The topological polar surface area (TPSA) is 39.9 Å². The highest BCUT2D eigenvalue weighted by molar-refractivity contribution is 6.76. The summed E-state index contributed by atoms with van der Waals surface area (Å²) in [4.78, 5) is 9.09. The third kappa shape index (κ3) is 4.67. The van der Waals surface area contributed by atoms with Crippen LogP contribution in [-0.2, 0) is 17.9 Å². The van der Waals surface area contributed by atoms with E-state index in [0.29, 0.717) is 6.73 Å². The molecule has 1 saturated carbocycles. The lowest BCUT2D eigenvalue weighted by Gasteiger charge is -2.21. The van der Waals surface area contributed by atoms with Crippen LogP contribution in [0.1, 0.15) is 37.8 Å². The first-order valence-corrected chi connectivity index (χ1v) is 13.1. The minimum Gasteiger partial charge on any atom is -0.361 e. The minimum atomic E-state index is -1.03. The average Bonchev–Trinajstić information content (AvgIpc) is 2.96. The van der Waals surface area contributed by atoms with Crippen LogP contribution < -0.4 is 0 Å². The number of nitrogens with zero attached hydrogens (tertiary/aromatic N) is 3. The second-order valence-electron chi connectivity index (χ2n) is 8.40. The molecular formula is C19H31N3OSi. The Morgan fingerprint density at radius 2 is 1.96 bits per heavy atom. The Labute approximate surface area is 146 Å². The van der Waals surface area contributed by atoms with Crippen molar-refractivity contribution >= 4 is 19.1 Å². The molecule has 132 valence electrons. The SMILES string of the molecule is C[Si](C)(C)CCOCn1ccc2c(CC3CCCCC3)ncnc21. The molecule has 0 atom stereocenters. The molecule has 2 heterocycles. The molecule has 0 N–H and O–H groups in total. The lowest BCUT2D eigenvalue weighted by molar-refractivity contribution is 0.0899. The molecule has 2 aromatic heterocycles. The molecule has 0 radical (unpaired) electrons. The third-order valence-electron chi connectivity index (χ3n) is 5.07. The van der Waals surface area contributed by atoms with E-state index in [0.717, 1.165) is 24.6 Å². The second-order valence-corrected chi connectivity index (χ2v) is 14.0. The van der Waals surface area contributed by atoms with Crippen molar-refractivity contribution in [2.24, 2.45) is 5.92 Å². The van der Waals surface area contributed by atoms with Gasteiger partial charge in [0.25, 0.3) is 0 Å². The quantitative estimate of drug-likeness (QED) is 0.531. The van der Waals surface area contributed by atoms with Crippen molar-refractivity contribution in [3.63, 3.8) is 0 Å². The van der Waals surface area contributed by atoms with Gasteiger partial charge in [0.05, 0.1) is 5.69 Å². The van der Waals surface area contributed by atoms with Crippen LogP contribution in [0.3, 0.4) is 0 Å². The van der Waals surface area contributed by atoms with Gasteiger partial charge < -0.3 is 9.30 Å². The molecule has 0 spiro atoms. The zero-order chi connectivity index (χ0) is 17.0. The zero-order valence-electron chi connectivity index (χ0n) is 15.4. The van der Waals surface area contributed by atoms with Gasteiger partial charge >= 0.3 is 0 Å². The molecule has 1 fully saturated rings. The van der Waals surface area contributed by atoms with E-state index in [1.165, 1.54) is 49.2 Å². The van der Waals surface area contributed by atoms with Crippen LogP contribution in [0, 0.1) is 5.92 Å². The Kier molecular flexibility index (Phi) is 5.71.